The Morgan fingerprint density at radius 3 is 2.39 bits per heavy atom. The number of piperidine rings is 2. The molecule has 2 unspecified atom stereocenters. The lowest BCUT2D eigenvalue weighted by molar-refractivity contribution is -0.136. The molecule has 1 aromatic rings. The SMILES string of the molecule is NC1CCN(C2CCN(c3ccc4c(c3)C(=O)N(C3CCC(=O)NC3=O)C4=O)C2)CC1. The van der Waals surface area contributed by atoms with Gasteiger partial charge in [-0.3, -0.25) is 34.3 Å². The molecule has 5 rings (SSSR count). The van der Waals surface area contributed by atoms with Gasteiger partial charge in [0.2, 0.25) is 11.8 Å². The number of rotatable bonds is 3. The average Bonchev–Trinajstić information content (AvgIpc) is 3.33. The zero-order valence-corrected chi connectivity index (χ0v) is 17.4. The summed E-state index contributed by atoms with van der Waals surface area (Å²) in [4.78, 5) is 55.3. The topological polar surface area (TPSA) is 116 Å². The molecule has 3 saturated heterocycles. The summed E-state index contributed by atoms with van der Waals surface area (Å²) in [5.74, 6) is -1.89. The highest BCUT2D eigenvalue weighted by Crippen LogP contribution is 2.32. The van der Waals surface area contributed by atoms with E-state index in [0.717, 1.165) is 56.0 Å². The van der Waals surface area contributed by atoms with Crippen molar-refractivity contribution in [1.29, 1.82) is 0 Å². The Hall–Kier alpha value is -2.78. The van der Waals surface area contributed by atoms with Crippen LogP contribution < -0.4 is 16.0 Å². The van der Waals surface area contributed by atoms with Crippen molar-refractivity contribution in [3.8, 4) is 0 Å². The normalized spacial score (nSPS) is 27.8. The Bertz CT molecular complexity index is 955. The number of carbonyl (C=O) groups is 4. The molecule has 9 heteroatoms. The number of imide groups is 2. The first-order valence-corrected chi connectivity index (χ1v) is 11.0. The molecule has 0 saturated carbocycles. The van der Waals surface area contributed by atoms with Gasteiger partial charge in [-0.05, 0) is 57.0 Å². The molecule has 2 atom stereocenters. The second-order valence-electron chi connectivity index (χ2n) is 8.94. The van der Waals surface area contributed by atoms with Crippen molar-refractivity contribution < 1.29 is 19.2 Å². The monoisotopic (exact) mass is 425 g/mol. The Kier molecular flexibility index (Phi) is 5.02. The number of likely N-dealkylation sites (tertiary alicyclic amines) is 1. The summed E-state index contributed by atoms with van der Waals surface area (Å²) < 4.78 is 0. The Labute approximate surface area is 180 Å². The van der Waals surface area contributed by atoms with Gasteiger partial charge in [0.05, 0.1) is 11.1 Å². The lowest BCUT2D eigenvalue weighted by Crippen LogP contribution is -2.54. The lowest BCUT2D eigenvalue weighted by Gasteiger charge is -2.34. The maximum atomic E-state index is 13.0. The van der Waals surface area contributed by atoms with Crippen LogP contribution in [0.5, 0.6) is 0 Å². The highest BCUT2D eigenvalue weighted by molar-refractivity contribution is 6.23. The van der Waals surface area contributed by atoms with Gasteiger partial charge in [-0.15, -0.1) is 0 Å². The summed E-state index contributed by atoms with van der Waals surface area (Å²) in [7, 11) is 0. The molecule has 4 amide bonds. The minimum atomic E-state index is -0.935. The van der Waals surface area contributed by atoms with Crippen molar-refractivity contribution in [1.82, 2.24) is 15.1 Å². The molecular weight excluding hydrogens is 398 g/mol. The molecule has 0 spiro atoms. The largest absolute Gasteiger partial charge is 0.370 e. The van der Waals surface area contributed by atoms with Crippen LogP contribution in [-0.2, 0) is 9.59 Å². The summed E-state index contributed by atoms with van der Waals surface area (Å²) in [5, 5.41) is 2.22. The van der Waals surface area contributed by atoms with Crippen molar-refractivity contribution in [3.63, 3.8) is 0 Å². The van der Waals surface area contributed by atoms with Crippen LogP contribution in [0.1, 0.15) is 52.8 Å². The fraction of sp³-hybridized carbons (Fsp3) is 0.545. The summed E-state index contributed by atoms with van der Waals surface area (Å²) >= 11 is 0. The van der Waals surface area contributed by atoms with Gasteiger partial charge >= 0.3 is 0 Å². The van der Waals surface area contributed by atoms with Gasteiger partial charge in [0.15, 0.2) is 0 Å². The van der Waals surface area contributed by atoms with Crippen molar-refractivity contribution >= 4 is 29.3 Å². The van der Waals surface area contributed by atoms with E-state index in [1.807, 2.05) is 6.07 Å². The molecule has 0 aromatic heterocycles. The van der Waals surface area contributed by atoms with E-state index in [2.05, 4.69) is 15.1 Å². The number of benzene rings is 1. The van der Waals surface area contributed by atoms with E-state index in [-0.39, 0.29) is 18.7 Å². The standard InChI is InChI=1S/C22H27N5O4/c23-13-5-8-25(9-6-13)15-7-10-26(12-15)14-1-2-16-17(11-14)22(31)27(21(16)30)18-3-4-19(28)24-20(18)29/h1-2,11,13,15,18H,3-10,12,23H2,(H,24,28,29). The second kappa shape index (κ2) is 7.72. The first kappa shape index (κ1) is 20.1. The van der Waals surface area contributed by atoms with E-state index in [1.54, 1.807) is 12.1 Å². The number of nitrogens with one attached hydrogen (secondary N) is 1. The van der Waals surface area contributed by atoms with E-state index in [0.29, 0.717) is 23.2 Å². The molecule has 4 heterocycles. The third kappa shape index (κ3) is 3.51. The molecule has 0 aliphatic carbocycles. The van der Waals surface area contributed by atoms with Crippen LogP contribution in [0, 0.1) is 0 Å². The van der Waals surface area contributed by atoms with Gasteiger partial charge in [0.25, 0.3) is 11.8 Å². The highest BCUT2D eigenvalue weighted by atomic mass is 16.2. The molecular formula is C22H27N5O4. The summed E-state index contributed by atoms with van der Waals surface area (Å²) in [5.41, 5.74) is 7.60. The third-order valence-electron chi connectivity index (χ3n) is 7.04. The molecule has 3 fully saturated rings. The number of nitrogens with zero attached hydrogens (tertiary/aromatic N) is 3. The van der Waals surface area contributed by atoms with E-state index in [1.165, 1.54) is 0 Å². The Balaban J connectivity index is 1.32. The first-order chi connectivity index (χ1) is 14.9. The van der Waals surface area contributed by atoms with Gasteiger partial charge in [0, 0.05) is 37.3 Å². The number of nitrogens with two attached hydrogens (primary N) is 1. The molecule has 31 heavy (non-hydrogen) atoms. The van der Waals surface area contributed by atoms with Gasteiger partial charge < -0.3 is 10.6 Å². The molecule has 164 valence electrons. The molecule has 0 bridgehead atoms. The third-order valence-corrected chi connectivity index (χ3v) is 7.04. The lowest BCUT2D eigenvalue weighted by atomic mass is 10.0. The molecule has 4 aliphatic heterocycles. The summed E-state index contributed by atoms with van der Waals surface area (Å²) in [6, 6.07) is 5.18. The summed E-state index contributed by atoms with van der Waals surface area (Å²) in [6.07, 6.45) is 3.40. The number of carbonyl (C=O) groups excluding carboxylic acids is 4. The van der Waals surface area contributed by atoms with E-state index in [4.69, 9.17) is 5.73 Å². The smallest absolute Gasteiger partial charge is 0.262 e. The number of hydrogen-bond acceptors (Lipinski definition) is 7. The molecule has 3 N–H and O–H groups in total. The van der Waals surface area contributed by atoms with Crippen LogP contribution in [0.25, 0.3) is 0 Å². The van der Waals surface area contributed by atoms with Crippen LogP contribution in [-0.4, -0.2) is 77.7 Å². The van der Waals surface area contributed by atoms with Gasteiger partial charge in [-0.25, -0.2) is 0 Å². The minimum absolute atomic E-state index is 0.117. The van der Waals surface area contributed by atoms with Crippen molar-refractivity contribution in [3.05, 3.63) is 29.3 Å². The molecule has 9 nitrogen and oxygen atoms in total. The first-order valence-electron chi connectivity index (χ1n) is 11.0. The zero-order chi connectivity index (χ0) is 21.7. The molecule has 0 radical (unpaired) electrons. The van der Waals surface area contributed by atoms with Gasteiger partial charge in [0.1, 0.15) is 6.04 Å². The van der Waals surface area contributed by atoms with Crippen molar-refractivity contribution in [2.45, 2.75) is 50.2 Å². The van der Waals surface area contributed by atoms with E-state index >= 15 is 0 Å². The number of amides is 4. The van der Waals surface area contributed by atoms with E-state index < -0.39 is 23.8 Å². The van der Waals surface area contributed by atoms with Crippen LogP contribution in [0.2, 0.25) is 0 Å². The maximum absolute atomic E-state index is 13.0. The molecule has 4 aliphatic rings. The Morgan fingerprint density at radius 1 is 0.903 bits per heavy atom. The maximum Gasteiger partial charge on any atom is 0.262 e. The number of hydrogen-bond donors (Lipinski definition) is 2. The van der Waals surface area contributed by atoms with Gasteiger partial charge in [-0.2, -0.15) is 0 Å². The van der Waals surface area contributed by atoms with Crippen LogP contribution in [0.3, 0.4) is 0 Å². The number of anilines is 1. The fourth-order valence-corrected chi connectivity index (χ4v) is 5.21. The summed E-state index contributed by atoms with van der Waals surface area (Å²) in [6.45, 7) is 3.83. The van der Waals surface area contributed by atoms with Crippen molar-refractivity contribution in [2.24, 2.45) is 5.73 Å². The molecule has 1 aromatic carbocycles. The average molecular weight is 425 g/mol. The predicted octanol–water partition coefficient (Wildman–Crippen LogP) is 0.0896. The van der Waals surface area contributed by atoms with E-state index in [9.17, 15) is 19.2 Å². The number of fused-ring (bicyclic) bond motifs is 1. The minimum Gasteiger partial charge on any atom is -0.370 e. The Morgan fingerprint density at radius 2 is 1.65 bits per heavy atom. The van der Waals surface area contributed by atoms with Gasteiger partial charge in [-0.1, -0.05) is 0 Å². The second-order valence-corrected chi connectivity index (χ2v) is 8.94. The fourth-order valence-electron chi connectivity index (χ4n) is 5.21. The van der Waals surface area contributed by atoms with Crippen LogP contribution in [0.15, 0.2) is 18.2 Å². The highest BCUT2D eigenvalue weighted by Gasteiger charge is 2.45. The quantitative estimate of drug-likeness (QED) is 0.660. The zero-order valence-electron chi connectivity index (χ0n) is 17.4. The van der Waals surface area contributed by atoms with Crippen LogP contribution in [0.4, 0.5) is 5.69 Å². The van der Waals surface area contributed by atoms with Crippen molar-refractivity contribution in [2.75, 3.05) is 31.1 Å². The van der Waals surface area contributed by atoms with Crippen LogP contribution >= 0.6 is 0 Å². The predicted molar refractivity (Wildman–Crippen MR) is 113 cm³/mol.